The van der Waals surface area contributed by atoms with Gasteiger partial charge in [-0.1, -0.05) is 0 Å². The molecule has 0 aromatic rings. The molecule has 0 aliphatic rings. The average Bonchev–Trinajstić information content (AvgIpc) is 2.46. The van der Waals surface area contributed by atoms with Crippen molar-refractivity contribution >= 4 is 59.4 Å². The van der Waals surface area contributed by atoms with Crippen molar-refractivity contribution in [1.82, 2.24) is 14.7 Å². The van der Waals surface area contributed by atoms with Gasteiger partial charge in [0.15, 0.2) is 0 Å². The first kappa shape index (κ1) is 47.4. The van der Waals surface area contributed by atoms with E-state index in [1.807, 2.05) is 0 Å². The third kappa shape index (κ3) is 30.3. The van der Waals surface area contributed by atoms with Gasteiger partial charge >= 0.3 is 118 Å². The minimum Gasteiger partial charge on any atom is -0.549 e. The summed E-state index contributed by atoms with van der Waals surface area (Å²) in [7, 11) is 0. The summed E-state index contributed by atoms with van der Waals surface area (Å²) >= 11 is 0. The normalized spacial score (nSPS) is 9.34. The van der Waals surface area contributed by atoms with Crippen molar-refractivity contribution < 1.29 is 168 Å². The number of aliphatic carboxylic acids is 5. The first-order chi connectivity index (χ1) is 12.5. The van der Waals surface area contributed by atoms with Crippen LogP contribution in [0.15, 0.2) is 0 Å². The minimum atomic E-state index is -1.54. The monoisotopic (exact) mass is 503 g/mol. The Morgan fingerprint density at radius 1 is 0.406 bits per heavy atom. The van der Waals surface area contributed by atoms with Crippen molar-refractivity contribution in [3.63, 3.8) is 0 Å². The third-order valence-electron chi connectivity index (χ3n) is 3.23. The van der Waals surface area contributed by atoms with Crippen molar-refractivity contribution in [2.24, 2.45) is 0 Å². The second-order valence-electron chi connectivity index (χ2n) is 5.56. The summed E-state index contributed by atoms with van der Waals surface area (Å²) in [6.07, 6.45) is 0. The summed E-state index contributed by atoms with van der Waals surface area (Å²) in [5.74, 6) is -7.67. The molecule has 0 spiro atoms. The number of hydrogen-bond acceptors (Lipinski definition) is 13. The Morgan fingerprint density at radius 2 is 0.562 bits per heavy atom. The van der Waals surface area contributed by atoms with Gasteiger partial charge in [-0.3, -0.25) is 14.7 Å². The van der Waals surface area contributed by atoms with Crippen LogP contribution in [0.5, 0.6) is 0 Å². The topological polar surface area (TPSA) is 210 Å². The number of carbonyl (C=O) groups excluding carboxylic acids is 5. The molecule has 0 saturated heterocycles. The third-order valence-corrected chi connectivity index (χ3v) is 3.23. The molecule has 0 saturated carbocycles. The van der Waals surface area contributed by atoms with E-state index in [0.717, 1.165) is 9.80 Å². The van der Waals surface area contributed by atoms with Crippen molar-refractivity contribution in [2.75, 3.05) is 58.9 Å². The van der Waals surface area contributed by atoms with Crippen LogP contribution >= 0.6 is 0 Å². The van der Waals surface area contributed by atoms with Gasteiger partial charge in [-0.15, -0.1) is 0 Å². The minimum absolute atomic E-state index is 0. The van der Waals surface area contributed by atoms with Crippen molar-refractivity contribution in [3.8, 4) is 0 Å². The maximum Gasteiger partial charge on any atom is 1.00 e. The van der Waals surface area contributed by atoms with Crippen LogP contribution in [0.4, 0.5) is 0 Å². The van der Waals surface area contributed by atoms with Gasteiger partial charge in [-0.2, -0.15) is 0 Å². The second kappa shape index (κ2) is 27.8. The van der Waals surface area contributed by atoms with Crippen molar-refractivity contribution in [3.05, 3.63) is 0 Å². The average molecular weight is 503 g/mol. The number of nitrogens with zero attached hydrogens (tertiary/aromatic N) is 3. The molecular weight excluding hydrogens is 485 g/mol. The van der Waals surface area contributed by atoms with Crippen molar-refractivity contribution in [2.45, 2.75) is 0 Å². The van der Waals surface area contributed by atoms with E-state index in [9.17, 15) is 49.5 Å². The Labute approximate surface area is 296 Å². The van der Waals surface area contributed by atoms with Gasteiger partial charge < -0.3 is 49.5 Å². The first-order valence-electron chi connectivity index (χ1n) is 7.66. The van der Waals surface area contributed by atoms with Gasteiger partial charge in [-0.05, 0) is 0 Å². The largest absolute Gasteiger partial charge is 1.00 e. The molecule has 0 aromatic heterocycles. The molecule has 0 fully saturated rings. The maximum absolute atomic E-state index is 10.8. The molecule has 0 atom stereocenters. The summed E-state index contributed by atoms with van der Waals surface area (Å²) < 4.78 is 0. The standard InChI is InChI=1S/C14H23N3O10.5Na/c18-10(19)5-15(1-3-16(6-11(20)21)7-12(22)23)2-4-17(8-13(24)25)9-14(26)27;;;;;/h1-9H2,(H,18,19)(H,20,21)(H,22,23)(H,24,25)(H,26,27);;;;;/q;;4*+1/p-5. The number of carboxylic acid groups (broad SMARTS) is 5. The van der Waals surface area contributed by atoms with Gasteiger partial charge in [0.25, 0.3) is 0 Å². The molecule has 1 radical (unpaired) electrons. The summed E-state index contributed by atoms with van der Waals surface area (Å²) in [5.41, 5.74) is 0. The van der Waals surface area contributed by atoms with Crippen LogP contribution in [-0.2, 0) is 24.0 Å². The van der Waals surface area contributed by atoms with Crippen LogP contribution in [0, 0.1) is 0 Å². The van der Waals surface area contributed by atoms with Crippen molar-refractivity contribution in [1.29, 1.82) is 0 Å². The predicted molar refractivity (Wildman–Crippen MR) is 80.1 cm³/mol. The fourth-order valence-corrected chi connectivity index (χ4v) is 2.18. The molecule has 0 aromatic carbocycles. The molecule has 0 heterocycles. The zero-order chi connectivity index (χ0) is 21.0. The number of carbonyl (C=O) groups is 5. The fourth-order valence-electron chi connectivity index (χ4n) is 2.18. The van der Waals surface area contributed by atoms with E-state index in [0.29, 0.717) is 0 Å². The van der Waals surface area contributed by atoms with Crippen LogP contribution in [0.2, 0.25) is 0 Å². The molecule has 155 valence electrons. The molecule has 18 heteroatoms. The smallest absolute Gasteiger partial charge is 0.549 e. The first-order valence-corrected chi connectivity index (χ1v) is 7.66. The molecular formula is C14H18N3Na5O10-. The molecule has 0 aliphatic heterocycles. The molecule has 32 heavy (non-hydrogen) atoms. The molecule has 0 aliphatic carbocycles. The zero-order valence-electron chi connectivity index (χ0n) is 19.3. The van der Waals surface area contributed by atoms with E-state index < -0.39 is 62.6 Å². The van der Waals surface area contributed by atoms with Gasteiger partial charge in [0.05, 0.1) is 29.8 Å². The fraction of sp³-hybridized carbons (Fsp3) is 0.643. The van der Waals surface area contributed by atoms with E-state index in [1.54, 1.807) is 0 Å². The Bertz CT molecular complexity index is 501. The summed E-state index contributed by atoms with van der Waals surface area (Å²) in [4.78, 5) is 56.4. The summed E-state index contributed by atoms with van der Waals surface area (Å²) in [5, 5.41) is 53.3. The van der Waals surface area contributed by atoms with Crippen LogP contribution in [-0.4, -0.2) is 133 Å². The maximum atomic E-state index is 10.8. The SMILES string of the molecule is O=C([O-])CN(CCN(CC(=O)[O-])CC(=O)[O-])CCN(CC(=O)[O-])CC(=O)[O-].[Na+].[Na+].[Na+].[Na+].[Na]. The van der Waals surface area contributed by atoms with Crippen LogP contribution < -0.4 is 144 Å². The van der Waals surface area contributed by atoms with Gasteiger partial charge in [0, 0.05) is 88.5 Å². The molecule has 0 N–H and O–H groups in total. The van der Waals surface area contributed by atoms with E-state index in [4.69, 9.17) is 0 Å². The molecule has 0 amide bonds. The molecule has 13 nitrogen and oxygen atoms in total. The number of rotatable bonds is 16. The Kier molecular flexibility index (Phi) is 41.2. The zero-order valence-corrected chi connectivity index (χ0v) is 29.3. The van der Waals surface area contributed by atoms with Crippen LogP contribution in [0.3, 0.4) is 0 Å². The van der Waals surface area contributed by atoms with E-state index in [2.05, 4.69) is 0 Å². The van der Waals surface area contributed by atoms with Gasteiger partial charge in [0.2, 0.25) is 0 Å². The van der Waals surface area contributed by atoms with Crippen LogP contribution in [0.1, 0.15) is 0 Å². The number of carboxylic acids is 5. The Hall–Kier alpha value is 2.23. The predicted octanol–water partition coefficient (Wildman–Crippen LogP) is -21.7. The second-order valence-corrected chi connectivity index (χ2v) is 5.56. The van der Waals surface area contributed by atoms with Crippen LogP contribution in [0.25, 0.3) is 0 Å². The Balaban J connectivity index is -0.000000338. The summed E-state index contributed by atoms with van der Waals surface area (Å²) in [6.45, 7) is -4.16. The van der Waals surface area contributed by atoms with Gasteiger partial charge in [0.1, 0.15) is 0 Å². The Morgan fingerprint density at radius 3 is 0.750 bits per heavy atom. The van der Waals surface area contributed by atoms with E-state index in [-0.39, 0.29) is 174 Å². The van der Waals surface area contributed by atoms with E-state index in [1.165, 1.54) is 4.90 Å². The molecule has 0 rings (SSSR count). The number of hydrogen-bond donors (Lipinski definition) is 0. The summed E-state index contributed by atoms with van der Waals surface area (Å²) in [6, 6.07) is 0. The molecule has 0 unspecified atom stereocenters. The van der Waals surface area contributed by atoms with E-state index >= 15 is 0 Å². The van der Waals surface area contributed by atoms with Gasteiger partial charge in [-0.25, -0.2) is 0 Å². The quantitative estimate of drug-likeness (QED) is 0.179. The molecule has 0 bridgehead atoms.